The predicted octanol–water partition coefficient (Wildman–Crippen LogP) is 17.3. The molecule has 11 rings (SSSR count). The Morgan fingerprint density at radius 3 is 1.86 bits per heavy atom. The minimum Gasteiger partial charge on any atom is -0.458 e. The first-order valence-electron chi connectivity index (χ1n) is 25.4. The predicted molar refractivity (Wildman–Crippen MR) is 299 cm³/mol. The largest absolute Gasteiger partial charge is 0.458 e. The summed E-state index contributed by atoms with van der Waals surface area (Å²) in [5, 5.41) is 2.31. The fourth-order valence-corrected chi connectivity index (χ4v) is 10.1. The summed E-state index contributed by atoms with van der Waals surface area (Å²) in [5.41, 5.74) is 17.0. The molecule has 11 aromatic rings. The van der Waals surface area contributed by atoms with Crippen molar-refractivity contribution >= 4 is 32.8 Å². The van der Waals surface area contributed by atoms with Crippen LogP contribution in [0.1, 0.15) is 84.9 Å². The maximum Gasteiger partial charge on any atom is 0.269 e. The normalized spacial score (nSPS) is 12.6. The van der Waals surface area contributed by atoms with Crippen LogP contribution in [0.3, 0.4) is 0 Å². The third-order valence-corrected chi connectivity index (χ3v) is 14.6. The molecule has 72 heavy (non-hydrogen) atoms. The Bertz CT molecular complexity index is 3760. The average molecular weight is 939 g/mol. The van der Waals surface area contributed by atoms with Gasteiger partial charge in [-0.1, -0.05) is 196 Å². The van der Waals surface area contributed by atoms with E-state index in [1.54, 1.807) is 0 Å². The fourth-order valence-electron chi connectivity index (χ4n) is 10.1. The standard InChI is InChI=1S/C67H62N4O/c1-44(2)45(3)48-34-35-68-64(39-48)71-60-33-30-49(46-20-12-10-13-21-46)38-59(60)58-32-31-55(42-63(58)71)72-54-25-18-24-53(41-54)69-43-70(62-29-17-16-28-61(62)69)65-56(47-22-14-11-15-23-47)26-19-27-57(65)50-36-51(66(4,5)6)40-52(37-50)67(7,8)9/h10-42,44-45H,1-9H3. The molecule has 0 amide bonds. The van der Waals surface area contributed by atoms with Gasteiger partial charge < -0.3 is 4.74 Å². The molecule has 0 aliphatic carbocycles. The van der Waals surface area contributed by atoms with Gasteiger partial charge >= 0.3 is 0 Å². The number of benzene rings is 8. The highest BCUT2D eigenvalue weighted by atomic mass is 16.5. The first kappa shape index (κ1) is 46.4. The van der Waals surface area contributed by atoms with E-state index in [0.717, 1.165) is 72.8 Å². The van der Waals surface area contributed by atoms with Crippen molar-refractivity contribution < 1.29 is 9.30 Å². The Kier molecular flexibility index (Phi) is 11.8. The van der Waals surface area contributed by atoms with Crippen LogP contribution in [-0.2, 0) is 10.8 Å². The molecule has 5 nitrogen and oxygen atoms in total. The van der Waals surface area contributed by atoms with Gasteiger partial charge in [-0.05, 0) is 127 Å². The zero-order chi connectivity index (χ0) is 49.9. The molecule has 1 unspecified atom stereocenters. The van der Waals surface area contributed by atoms with Gasteiger partial charge in [0.2, 0.25) is 0 Å². The Morgan fingerprint density at radius 1 is 0.500 bits per heavy atom. The van der Waals surface area contributed by atoms with Crippen molar-refractivity contribution in [2.75, 3.05) is 0 Å². The molecule has 0 radical (unpaired) electrons. The summed E-state index contributed by atoms with van der Waals surface area (Å²) in [5.74, 6) is 3.24. The second-order valence-electron chi connectivity index (χ2n) is 21.8. The van der Waals surface area contributed by atoms with E-state index in [0.29, 0.717) is 11.8 Å². The Hall–Kier alpha value is -8.02. The van der Waals surface area contributed by atoms with E-state index in [4.69, 9.17) is 9.72 Å². The first-order valence-corrected chi connectivity index (χ1v) is 25.4. The van der Waals surface area contributed by atoms with Crippen LogP contribution >= 0.6 is 0 Å². The monoisotopic (exact) mass is 938 g/mol. The van der Waals surface area contributed by atoms with E-state index >= 15 is 0 Å². The van der Waals surface area contributed by atoms with Gasteiger partial charge in [0, 0.05) is 23.0 Å². The Balaban J connectivity index is 1.04. The van der Waals surface area contributed by atoms with Gasteiger partial charge in [0.25, 0.3) is 6.33 Å². The lowest BCUT2D eigenvalue weighted by Crippen LogP contribution is -2.31. The van der Waals surface area contributed by atoms with E-state index in [1.807, 2.05) is 12.3 Å². The lowest BCUT2D eigenvalue weighted by molar-refractivity contribution is -0.571. The molecule has 0 saturated carbocycles. The Labute approximate surface area is 424 Å². The third kappa shape index (κ3) is 8.68. The lowest BCUT2D eigenvalue weighted by Gasteiger charge is -2.27. The van der Waals surface area contributed by atoms with Gasteiger partial charge in [-0.2, -0.15) is 0 Å². The topological polar surface area (TPSA) is 35.9 Å². The van der Waals surface area contributed by atoms with Crippen LogP contribution < -0.4 is 9.30 Å². The van der Waals surface area contributed by atoms with Gasteiger partial charge in [-0.3, -0.25) is 13.7 Å². The molecule has 0 spiro atoms. The van der Waals surface area contributed by atoms with Crippen molar-refractivity contribution in [3.63, 3.8) is 0 Å². The van der Waals surface area contributed by atoms with E-state index in [1.165, 1.54) is 38.8 Å². The van der Waals surface area contributed by atoms with Crippen molar-refractivity contribution in [1.29, 1.82) is 0 Å². The number of hydrogen-bond donors (Lipinski definition) is 0. The van der Waals surface area contributed by atoms with Crippen LogP contribution in [0.25, 0.3) is 83.4 Å². The summed E-state index contributed by atoms with van der Waals surface area (Å²) < 4.78 is 13.6. The Morgan fingerprint density at radius 2 is 1.15 bits per heavy atom. The average Bonchev–Trinajstić information content (AvgIpc) is 3.93. The number of fused-ring (bicyclic) bond motifs is 4. The number of pyridine rings is 1. The summed E-state index contributed by atoms with van der Waals surface area (Å²) in [4.78, 5) is 5.00. The van der Waals surface area contributed by atoms with E-state index < -0.39 is 0 Å². The third-order valence-electron chi connectivity index (χ3n) is 14.6. The molecule has 0 aliphatic rings. The SMILES string of the molecule is CC(C)C(C)c1ccnc(-n2c3ccc(-c4ccccc4)cc3c3ccc(Oc4cccc(-n5[c-][n+](-c6c(-c7ccccc7)cccc6-c6cc(C(C)(C)C)cc(C(C)(C)C)c6)c6ccccc65)c4)cc32)c1. The highest BCUT2D eigenvalue weighted by Crippen LogP contribution is 2.41. The van der Waals surface area contributed by atoms with Crippen molar-refractivity contribution in [2.24, 2.45) is 5.92 Å². The van der Waals surface area contributed by atoms with Crippen molar-refractivity contribution in [3.8, 4) is 62.1 Å². The van der Waals surface area contributed by atoms with Crippen molar-refractivity contribution in [3.05, 3.63) is 223 Å². The number of imidazole rings is 1. The molecule has 5 heteroatoms. The first-order chi connectivity index (χ1) is 34.7. The zero-order valence-corrected chi connectivity index (χ0v) is 42.9. The molecule has 0 fully saturated rings. The number of ether oxygens (including phenoxy) is 1. The van der Waals surface area contributed by atoms with Crippen LogP contribution in [0.15, 0.2) is 200 Å². The second kappa shape index (κ2) is 18.3. The summed E-state index contributed by atoms with van der Waals surface area (Å²) in [6.45, 7) is 20.7. The summed E-state index contributed by atoms with van der Waals surface area (Å²) in [7, 11) is 0. The molecule has 8 aromatic carbocycles. The van der Waals surface area contributed by atoms with Crippen LogP contribution in [0.2, 0.25) is 0 Å². The highest BCUT2D eigenvalue weighted by Gasteiger charge is 2.25. The maximum absolute atomic E-state index is 6.89. The fraction of sp³-hybridized carbons (Fsp3) is 0.194. The molecular formula is C67H62N4O. The van der Waals surface area contributed by atoms with Crippen LogP contribution in [0, 0.1) is 12.2 Å². The van der Waals surface area contributed by atoms with E-state index in [-0.39, 0.29) is 10.8 Å². The number of aromatic nitrogens is 4. The van der Waals surface area contributed by atoms with Crippen molar-refractivity contribution in [2.45, 2.75) is 79.1 Å². The van der Waals surface area contributed by atoms with Gasteiger partial charge in [0.15, 0.2) is 0 Å². The minimum atomic E-state index is -0.0402. The molecule has 1 atom stereocenters. The summed E-state index contributed by atoms with van der Waals surface area (Å²) in [6, 6.07) is 69.8. The van der Waals surface area contributed by atoms with Crippen molar-refractivity contribution in [1.82, 2.24) is 14.1 Å². The quantitative estimate of drug-likeness (QED) is 0.101. The number of rotatable bonds is 10. The summed E-state index contributed by atoms with van der Waals surface area (Å²) in [6.07, 6.45) is 5.84. The highest BCUT2D eigenvalue weighted by molar-refractivity contribution is 6.10. The van der Waals surface area contributed by atoms with Gasteiger partial charge in [-0.15, -0.1) is 0 Å². The molecule has 356 valence electrons. The molecule has 3 heterocycles. The van der Waals surface area contributed by atoms with Gasteiger partial charge in [-0.25, -0.2) is 4.98 Å². The molecule has 0 bridgehead atoms. The number of hydrogen-bond acceptors (Lipinski definition) is 2. The lowest BCUT2D eigenvalue weighted by atomic mass is 9.78. The smallest absolute Gasteiger partial charge is 0.269 e. The summed E-state index contributed by atoms with van der Waals surface area (Å²) >= 11 is 0. The van der Waals surface area contributed by atoms with E-state index in [2.05, 4.69) is 270 Å². The van der Waals surface area contributed by atoms with Crippen LogP contribution in [0.4, 0.5) is 0 Å². The van der Waals surface area contributed by atoms with Crippen LogP contribution in [-0.4, -0.2) is 14.1 Å². The molecule has 0 aliphatic heterocycles. The van der Waals surface area contributed by atoms with E-state index in [9.17, 15) is 0 Å². The maximum atomic E-state index is 6.89. The number of nitrogens with zero attached hydrogens (tertiary/aromatic N) is 4. The number of para-hydroxylation sites is 3. The molecule has 0 N–H and O–H groups in total. The molecule has 0 saturated heterocycles. The zero-order valence-electron chi connectivity index (χ0n) is 42.9. The van der Waals surface area contributed by atoms with Crippen LogP contribution in [0.5, 0.6) is 11.5 Å². The molecular weight excluding hydrogens is 877 g/mol. The molecule has 3 aromatic heterocycles. The van der Waals surface area contributed by atoms with Gasteiger partial charge in [0.05, 0.1) is 33.4 Å². The minimum absolute atomic E-state index is 0.0402. The van der Waals surface area contributed by atoms with Gasteiger partial charge in [0.1, 0.15) is 17.3 Å². The second-order valence-corrected chi connectivity index (χ2v) is 21.8.